The number of imidazole rings is 1. The van der Waals surface area contributed by atoms with Gasteiger partial charge in [0.2, 0.25) is 0 Å². The van der Waals surface area contributed by atoms with Crippen molar-refractivity contribution in [3.05, 3.63) is 60.2 Å². The predicted molar refractivity (Wildman–Crippen MR) is 80.7 cm³/mol. The van der Waals surface area contributed by atoms with E-state index in [2.05, 4.69) is 46.6 Å². The van der Waals surface area contributed by atoms with E-state index in [9.17, 15) is 0 Å². The van der Waals surface area contributed by atoms with Gasteiger partial charge in [0.05, 0.1) is 23.9 Å². The summed E-state index contributed by atoms with van der Waals surface area (Å²) in [6, 6.07) is 10.0. The van der Waals surface area contributed by atoms with Crippen LogP contribution in [0.4, 0.5) is 5.82 Å². The highest BCUT2D eigenvalue weighted by Crippen LogP contribution is 2.25. The maximum atomic E-state index is 5.64. The number of aromatic nitrogens is 3. The van der Waals surface area contributed by atoms with Gasteiger partial charge in [-0.15, -0.1) is 0 Å². The van der Waals surface area contributed by atoms with Crippen LogP contribution in [0.5, 0.6) is 0 Å². The average molecular weight is 264 g/mol. The van der Waals surface area contributed by atoms with Crippen LogP contribution in [-0.2, 0) is 0 Å². The maximum absolute atomic E-state index is 5.64. The van der Waals surface area contributed by atoms with E-state index in [1.807, 2.05) is 18.6 Å². The summed E-state index contributed by atoms with van der Waals surface area (Å²) in [5.41, 5.74) is 11.3. The van der Waals surface area contributed by atoms with Gasteiger partial charge in [0.15, 0.2) is 0 Å². The van der Waals surface area contributed by atoms with E-state index in [-0.39, 0.29) is 0 Å². The normalized spacial score (nSPS) is 10.7. The summed E-state index contributed by atoms with van der Waals surface area (Å²) in [7, 11) is 0. The Hall–Kier alpha value is -2.62. The SMILES string of the molecule is Cc1cccc(-n2cncc2-c2ccc(N)nc2)c1C. The summed E-state index contributed by atoms with van der Waals surface area (Å²) < 4.78 is 2.08. The lowest BCUT2D eigenvalue weighted by Gasteiger charge is -2.12. The molecule has 2 heterocycles. The molecule has 0 amide bonds. The third kappa shape index (κ3) is 2.05. The molecule has 20 heavy (non-hydrogen) atoms. The van der Waals surface area contributed by atoms with Gasteiger partial charge in [0.25, 0.3) is 0 Å². The van der Waals surface area contributed by atoms with Crippen molar-refractivity contribution >= 4 is 5.82 Å². The highest BCUT2D eigenvalue weighted by atomic mass is 15.1. The number of hydrogen-bond acceptors (Lipinski definition) is 3. The van der Waals surface area contributed by atoms with E-state index < -0.39 is 0 Å². The number of aryl methyl sites for hydroxylation is 1. The zero-order valence-electron chi connectivity index (χ0n) is 11.5. The maximum Gasteiger partial charge on any atom is 0.123 e. The number of nitrogens with two attached hydrogens (primary N) is 1. The lowest BCUT2D eigenvalue weighted by atomic mass is 10.1. The van der Waals surface area contributed by atoms with Crippen molar-refractivity contribution in [2.45, 2.75) is 13.8 Å². The molecule has 0 aliphatic rings. The zero-order valence-corrected chi connectivity index (χ0v) is 11.5. The summed E-state index contributed by atoms with van der Waals surface area (Å²) in [4.78, 5) is 8.42. The fraction of sp³-hybridized carbons (Fsp3) is 0.125. The van der Waals surface area contributed by atoms with E-state index in [1.165, 1.54) is 11.1 Å². The van der Waals surface area contributed by atoms with Crippen LogP contribution in [0.15, 0.2) is 49.1 Å². The molecule has 0 spiro atoms. The molecule has 0 bridgehead atoms. The predicted octanol–water partition coefficient (Wildman–Crippen LogP) is 3.13. The first-order chi connectivity index (χ1) is 9.66. The molecule has 100 valence electrons. The first-order valence-electron chi connectivity index (χ1n) is 6.47. The molecule has 3 aromatic rings. The summed E-state index contributed by atoms with van der Waals surface area (Å²) in [6.45, 7) is 4.23. The van der Waals surface area contributed by atoms with E-state index in [1.54, 1.807) is 12.3 Å². The second kappa shape index (κ2) is 4.81. The Labute approximate surface area is 117 Å². The molecule has 0 atom stereocenters. The summed E-state index contributed by atoms with van der Waals surface area (Å²) in [6.07, 6.45) is 5.44. The molecular weight excluding hydrogens is 248 g/mol. The van der Waals surface area contributed by atoms with E-state index in [0.29, 0.717) is 5.82 Å². The largest absolute Gasteiger partial charge is 0.384 e. The van der Waals surface area contributed by atoms with E-state index >= 15 is 0 Å². The number of anilines is 1. The van der Waals surface area contributed by atoms with Crippen molar-refractivity contribution in [1.82, 2.24) is 14.5 Å². The minimum atomic E-state index is 0.520. The molecule has 4 heteroatoms. The lowest BCUT2D eigenvalue weighted by molar-refractivity contribution is 1.04. The van der Waals surface area contributed by atoms with Crippen molar-refractivity contribution < 1.29 is 0 Å². The van der Waals surface area contributed by atoms with Gasteiger partial charge in [-0.05, 0) is 43.2 Å². The highest BCUT2D eigenvalue weighted by molar-refractivity contribution is 5.63. The Kier molecular flexibility index (Phi) is 2.99. The number of pyridine rings is 1. The van der Waals surface area contributed by atoms with E-state index in [0.717, 1.165) is 16.9 Å². The highest BCUT2D eigenvalue weighted by Gasteiger charge is 2.10. The smallest absolute Gasteiger partial charge is 0.123 e. The van der Waals surface area contributed by atoms with Gasteiger partial charge >= 0.3 is 0 Å². The molecule has 3 rings (SSSR count). The van der Waals surface area contributed by atoms with Gasteiger partial charge in [-0.1, -0.05) is 12.1 Å². The number of benzene rings is 1. The first kappa shape index (κ1) is 12.4. The Bertz CT molecular complexity index is 741. The average Bonchev–Trinajstić information content (AvgIpc) is 2.92. The van der Waals surface area contributed by atoms with Crippen LogP contribution in [0.3, 0.4) is 0 Å². The minimum absolute atomic E-state index is 0.520. The quantitative estimate of drug-likeness (QED) is 0.773. The van der Waals surface area contributed by atoms with Gasteiger partial charge < -0.3 is 5.73 Å². The standard InChI is InChI=1S/C16H16N4/c1-11-4-3-5-14(12(11)2)20-10-18-9-15(20)13-6-7-16(17)19-8-13/h3-10H,1-2H3,(H2,17,19). The fourth-order valence-corrected chi connectivity index (χ4v) is 2.25. The van der Waals surface area contributed by atoms with Crippen LogP contribution in [-0.4, -0.2) is 14.5 Å². The van der Waals surface area contributed by atoms with Crippen LogP contribution in [0.25, 0.3) is 16.9 Å². The van der Waals surface area contributed by atoms with Crippen LogP contribution >= 0.6 is 0 Å². The summed E-state index contributed by atoms with van der Waals surface area (Å²) >= 11 is 0. The second-order valence-corrected chi connectivity index (χ2v) is 4.84. The number of hydrogen-bond donors (Lipinski definition) is 1. The Morgan fingerprint density at radius 2 is 1.90 bits per heavy atom. The fourth-order valence-electron chi connectivity index (χ4n) is 2.25. The molecule has 2 N–H and O–H groups in total. The van der Waals surface area contributed by atoms with Gasteiger partial charge in [-0.2, -0.15) is 0 Å². The number of rotatable bonds is 2. The first-order valence-corrected chi connectivity index (χ1v) is 6.47. The van der Waals surface area contributed by atoms with Crippen molar-refractivity contribution in [3.8, 4) is 16.9 Å². The Morgan fingerprint density at radius 1 is 1.05 bits per heavy atom. The molecule has 0 radical (unpaired) electrons. The van der Waals surface area contributed by atoms with Crippen LogP contribution in [0.1, 0.15) is 11.1 Å². The molecular formula is C16H16N4. The van der Waals surface area contributed by atoms with Crippen molar-refractivity contribution in [3.63, 3.8) is 0 Å². The van der Waals surface area contributed by atoms with Crippen molar-refractivity contribution in [2.75, 3.05) is 5.73 Å². The molecule has 0 aliphatic heterocycles. The Balaban J connectivity index is 2.15. The molecule has 0 aliphatic carbocycles. The topological polar surface area (TPSA) is 56.7 Å². The minimum Gasteiger partial charge on any atom is -0.384 e. The van der Waals surface area contributed by atoms with Crippen LogP contribution < -0.4 is 5.73 Å². The molecule has 0 unspecified atom stereocenters. The summed E-state index contributed by atoms with van der Waals surface area (Å²) in [5, 5.41) is 0. The van der Waals surface area contributed by atoms with Gasteiger partial charge in [-0.3, -0.25) is 4.57 Å². The third-order valence-corrected chi connectivity index (χ3v) is 3.56. The summed E-state index contributed by atoms with van der Waals surface area (Å²) in [5.74, 6) is 0.520. The Morgan fingerprint density at radius 3 is 2.65 bits per heavy atom. The van der Waals surface area contributed by atoms with Gasteiger partial charge in [0, 0.05) is 11.8 Å². The second-order valence-electron chi connectivity index (χ2n) is 4.84. The molecule has 4 nitrogen and oxygen atoms in total. The van der Waals surface area contributed by atoms with Crippen LogP contribution in [0, 0.1) is 13.8 Å². The van der Waals surface area contributed by atoms with Crippen molar-refractivity contribution in [2.24, 2.45) is 0 Å². The monoisotopic (exact) mass is 264 g/mol. The molecule has 0 saturated carbocycles. The molecule has 0 saturated heterocycles. The molecule has 2 aromatic heterocycles. The third-order valence-electron chi connectivity index (χ3n) is 3.56. The lowest BCUT2D eigenvalue weighted by Crippen LogP contribution is -1.99. The number of nitrogen functional groups attached to an aromatic ring is 1. The van der Waals surface area contributed by atoms with E-state index in [4.69, 9.17) is 5.73 Å². The van der Waals surface area contributed by atoms with Crippen LogP contribution in [0.2, 0.25) is 0 Å². The zero-order chi connectivity index (χ0) is 14.1. The molecule has 0 fully saturated rings. The number of nitrogens with zero attached hydrogens (tertiary/aromatic N) is 3. The molecule has 1 aromatic carbocycles. The van der Waals surface area contributed by atoms with Crippen molar-refractivity contribution in [1.29, 1.82) is 0 Å². The van der Waals surface area contributed by atoms with Gasteiger partial charge in [-0.25, -0.2) is 9.97 Å². The van der Waals surface area contributed by atoms with Gasteiger partial charge in [0.1, 0.15) is 5.82 Å².